The van der Waals surface area contributed by atoms with Crippen molar-refractivity contribution in [1.29, 1.82) is 0 Å². The van der Waals surface area contributed by atoms with Crippen molar-refractivity contribution in [3.8, 4) is 5.88 Å². The Morgan fingerprint density at radius 2 is 2.09 bits per heavy atom. The number of nitrogens with one attached hydrogen (secondary N) is 2. The van der Waals surface area contributed by atoms with E-state index in [2.05, 4.69) is 34.3 Å². The lowest BCUT2D eigenvalue weighted by atomic mass is 10.1. The highest BCUT2D eigenvalue weighted by molar-refractivity contribution is 5.92. The summed E-state index contributed by atoms with van der Waals surface area (Å²) in [4.78, 5) is 16.3. The van der Waals surface area contributed by atoms with Crippen molar-refractivity contribution in [2.45, 2.75) is 46.8 Å². The third kappa shape index (κ3) is 5.39. The van der Waals surface area contributed by atoms with E-state index in [9.17, 15) is 4.79 Å². The maximum Gasteiger partial charge on any atom is 0.272 e. The molecule has 2 heterocycles. The van der Waals surface area contributed by atoms with Crippen LogP contribution < -0.4 is 10.1 Å². The molecule has 0 saturated carbocycles. The van der Waals surface area contributed by atoms with Gasteiger partial charge in [-0.15, -0.1) is 0 Å². The number of hydrogen-bond acceptors (Lipinski definition) is 4. The zero-order chi connectivity index (χ0) is 16.8. The zero-order valence-corrected chi connectivity index (χ0v) is 14.1. The van der Waals surface area contributed by atoms with Gasteiger partial charge in [0.05, 0.1) is 6.10 Å². The number of amides is 1. The van der Waals surface area contributed by atoms with Crippen LogP contribution in [0.5, 0.6) is 5.88 Å². The van der Waals surface area contributed by atoms with Crippen molar-refractivity contribution < 1.29 is 9.53 Å². The van der Waals surface area contributed by atoms with Gasteiger partial charge in [-0.25, -0.2) is 4.98 Å². The number of pyridine rings is 1. The van der Waals surface area contributed by atoms with Gasteiger partial charge in [-0.2, -0.15) is 5.10 Å². The topological polar surface area (TPSA) is 79.9 Å². The second kappa shape index (κ2) is 7.76. The number of carbonyl (C=O) groups is 1. The first-order valence-electron chi connectivity index (χ1n) is 7.88. The monoisotopic (exact) mass is 316 g/mol. The second-order valence-corrected chi connectivity index (χ2v) is 6.23. The number of rotatable bonds is 7. The number of hydrogen-bond donors (Lipinski definition) is 2. The van der Waals surface area contributed by atoms with Gasteiger partial charge in [-0.05, 0) is 37.8 Å². The molecule has 124 valence electrons. The van der Waals surface area contributed by atoms with Crippen LogP contribution in [0.25, 0.3) is 0 Å². The Morgan fingerprint density at radius 1 is 1.30 bits per heavy atom. The molecule has 2 N–H and O–H groups in total. The molecule has 23 heavy (non-hydrogen) atoms. The van der Waals surface area contributed by atoms with E-state index >= 15 is 0 Å². The maximum absolute atomic E-state index is 12.1. The molecule has 0 fully saturated rings. The molecule has 0 aliphatic heterocycles. The lowest BCUT2D eigenvalue weighted by Crippen LogP contribution is -2.23. The van der Waals surface area contributed by atoms with Gasteiger partial charge in [0.25, 0.3) is 5.91 Å². The van der Waals surface area contributed by atoms with Gasteiger partial charge in [-0.3, -0.25) is 9.89 Å². The number of aromatic nitrogens is 3. The van der Waals surface area contributed by atoms with Crippen LogP contribution in [0, 0.1) is 5.92 Å². The van der Waals surface area contributed by atoms with Gasteiger partial charge in [0.2, 0.25) is 5.88 Å². The third-order valence-electron chi connectivity index (χ3n) is 3.10. The largest absolute Gasteiger partial charge is 0.475 e. The minimum absolute atomic E-state index is 0.0905. The van der Waals surface area contributed by atoms with Crippen LogP contribution in [0.1, 0.15) is 49.4 Å². The molecule has 0 spiro atoms. The molecule has 0 radical (unpaired) electrons. The van der Waals surface area contributed by atoms with E-state index in [1.807, 2.05) is 19.9 Å². The molecular weight excluding hydrogens is 292 g/mol. The molecule has 2 rings (SSSR count). The summed E-state index contributed by atoms with van der Waals surface area (Å²) in [6.45, 7) is 8.56. The van der Waals surface area contributed by atoms with Crippen LogP contribution in [0.4, 0.5) is 0 Å². The minimum atomic E-state index is -0.196. The van der Waals surface area contributed by atoms with E-state index < -0.39 is 0 Å². The number of aromatic amines is 1. The van der Waals surface area contributed by atoms with Crippen molar-refractivity contribution >= 4 is 5.91 Å². The van der Waals surface area contributed by atoms with E-state index in [1.54, 1.807) is 18.3 Å². The SMILES string of the molecule is CC(C)Cc1cc(C(=O)NCc2ccc(OC(C)C)nc2)n[nH]1. The average Bonchev–Trinajstić information content (AvgIpc) is 2.93. The van der Waals surface area contributed by atoms with Gasteiger partial charge in [-0.1, -0.05) is 19.9 Å². The summed E-state index contributed by atoms with van der Waals surface area (Å²) in [5.74, 6) is 0.906. The molecule has 2 aromatic rings. The first-order valence-corrected chi connectivity index (χ1v) is 7.88. The fourth-order valence-corrected chi connectivity index (χ4v) is 2.12. The molecule has 0 aliphatic rings. The maximum atomic E-state index is 12.1. The standard InChI is InChI=1S/C17H24N4O2/c1-11(2)7-14-8-15(21-20-14)17(22)19-10-13-5-6-16(18-9-13)23-12(3)4/h5-6,8-9,11-12H,7,10H2,1-4H3,(H,19,22)(H,20,21). The van der Waals surface area contributed by atoms with Crippen molar-refractivity contribution in [2.75, 3.05) is 0 Å². The molecular formula is C17H24N4O2. The molecule has 0 unspecified atom stereocenters. The highest BCUT2D eigenvalue weighted by Gasteiger charge is 2.11. The fraction of sp³-hybridized carbons (Fsp3) is 0.471. The Morgan fingerprint density at radius 3 is 2.70 bits per heavy atom. The van der Waals surface area contributed by atoms with Crippen molar-refractivity contribution in [2.24, 2.45) is 5.92 Å². The van der Waals surface area contributed by atoms with Crippen LogP contribution in [0.3, 0.4) is 0 Å². The van der Waals surface area contributed by atoms with Gasteiger partial charge >= 0.3 is 0 Å². The van der Waals surface area contributed by atoms with E-state index in [4.69, 9.17) is 4.74 Å². The van der Waals surface area contributed by atoms with Crippen molar-refractivity contribution in [1.82, 2.24) is 20.5 Å². The predicted molar refractivity (Wildman–Crippen MR) is 88.3 cm³/mol. The van der Waals surface area contributed by atoms with E-state index in [-0.39, 0.29) is 12.0 Å². The lowest BCUT2D eigenvalue weighted by Gasteiger charge is -2.09. The first-order chi connectivity index (χ1) is 10.9. The van der Waals surface area contributed by atoms with Crippen molar-refractivity contribution in [3.63, 3.8) is 0 Å². The van der Waals surface area contributed by atoms with Crippen LogP contribution in [-0.4, -0.2) is 27.2 Å². The number of carbonyl (C=O) groups excluding carboxylic acids is 1. The highest BCUT2D eigenvalue weighted by atomic mass is 16.5. The predicted octanol–water partition coefficient (Wildman–Crippen LogP) is 2.72. The van der Waals surface area contributed by atoms with E-state index in [0.717, 1.165) is 17.7 Å². The quantitative estimate of drug-likeness (QED) is 0.823. The normalized spacial score (nSPS) is 11.0. The Kier molecular flexibility index (Phi) is 5.73. The van der Waals surface area contributed by atoms with Crippen LogP contribution in [0.2, 0.25) is 0 Å². The van der Waals surface area contributed by atoms with Gasteiger partial charge in [0.1, 0.15) is 5.69 Å². The van der Waals surface area contributed by atoms with Crippen LogP contribution in [0.15, 0.2) is 24.4 Å². The number of nitrogens with zero attached hydrogens (tertiary/aromatic N) is 2. The summed E-state index contributed by atoms with van der Waals surface area (Å²) in [6, 6.07) is 5.49. The number of ether oxygens (including phenoxy) is 1. The summed E-state index contributed by atoms with van der Waals surface area (Å²) in [7, 11) is 0. The first kappa shape index (κ1) is 17.0. The van der Waals surface area contributed by atoms with Gasteiger partial charge in [0, 0.05) is 24.5 Å². The van der Waals surface area contributed by atoms with E-state index in [1.165, 1.54) is 0 Å². The third-order valence-corrected chi connectivity index (χ3v) is 3.10. The zero-order valence-electron chi connectivity index (χ0n) is 14.1. The molecule has 0 saturated heterocycles. The molecule has 6 nitrogen and oxygen atoms in total. The molecule has 6 heteroatoms. The molecule has 2 aromatic heterocycles. The molecule has 0 atom stereocenters. The Balaban J connectivity index is 1.87. The second-order valence-electron chi connectivity index (χ2n) is 6.23. The summed E-state index contributed by atoms with van der Waals surface area (Å²) in [6.07, 6.45) is 2.67. The minimum Gasteiger partial charge on any atom is -0.475 e. The summed E-state index contributed by atoms with van der Waals surface area (Å²) >= 11 is 0. The summed E-state index contributed by atoms with van der Waals surface area (Å²) in [5.41, 5.74) is 2.29. The molecule has 1 amide bonds. The highest BCUT2D eigenvalue weighted by Crippen LogP contribution is 2.10. The smallest absolute Gasteiger partial charge is 0.272 e. The van der Waals surface area contributed by atoms with Crippen LogP contribution >= 0.6 is 0 Å². The Hall–Kier alpha value is -2.37. The van der Waals surface area contributed by atoms with Gasteiger partial charge < -0.3 is 10.1 Å². The molecule has 0 bridgehead atoms. The van der Waals surface area contributed by atoms with Crippen LogP contribution in [-0.2, 0) is 13.0 Å². The Bertz CT molecular complexity index is 632. The molecule has 0 aromatic carbocycles. The lowest BCUT2D eigenvalue weighted by molar-refractivity contribution is 0.0946. The van der Waals surface area contributed by atoms with Gasteiger partial charge in [0.15, 0.2) is 0 Å². The average molecular weight is 316 g/mol. The summed E-state index contributed by atoms with van der Waals surface area (Å²) in [5, 5.41) is 9.80. The summed E-state index contributed by atoms with van der Waals surface area (Å²) < 4.78 is 5.49. The molecule has 0 aliphatic carbocycles. The van der Waals surface area contributed by atoms with Crippen molar-refractivity contribution in [3.05, 3.63) is 41.3 Å². The van der Waals surface area contributed by atoms with E-state index in [0.29, 0.717) is 24.0 Å². The Labute approximate surface area is 136 Å². The fourth-order valence-electron chi connectivity index (χ4n) is 2.12. The number of H-pyrrole nitrogens is 1.